The van der Waals surface area contributed by atoms with Gasteiger partial charge in [0.25, 0.3) is 0 Å². The Morgan fingerprint density at radius 3 is 2.61 bits per heavy atom. The fourth-order valence-electron chi connectivity index (χ4n) is 2.07. The lowest BCUT2D eigenvalue weighted by atomic mass is 10.0. The predicted molar refractivity (Wildman–Crippen MR) is 66.4 cm³/mol. The van der Waals surface area contributed by atoms with Crippen molar-refractivity contribution in [3.05, 3.63) is 34.9 Å². The fraction of sp³-hybridized carbons (Fsp3) is 0.154. The van der Waals surface area contributed by atoms with Crippen LogP contribution in [0.25, 0.3) is 10.8 Å². The smallest absolute Gasteiger partial charge is 0.342 e. The molecule has 1 aliphatic rings. The summed E-state index contributed by atoms with van der Waals surface area (Å²) in [6.45, 7) is 0.0510. The number of hydrogen-bond donors (Lipinski definition) is 0. The molecule has 2 aromatic carbocycles. The second-order valence-corrected chi connectivity index (χ2v) is 4.17. The van der Waals surface area contributed by atoms with E-state index in [2.05, 4.69) is 0 Å². The third kappa shape index (κ3) is 1.42. The Morgan fingerprint density at radius 2 is 1.89 bits per heavy atom. The lowest BCUT2D eigenvalue weighted by Gasteiger charge is -2.10. The van der Waals surface area contributed by atoms with Crippen LogP contribution < -0.4 is 9.47 Å². The molecule has 0 unspecified atom stereocenters. The van der Waals surface area contributed by atoms with Crippen LogP contribution in [0.2, 0.25) is 5.02 Å². The number of ether oxygens (including phenoxy) is 3. The number of benzene rings is 2. The lowest BCUT2D eigenvalue weighted by molar-refractivity contribution is 0.0598. The maximum atomic E-state index is 11.9. The molecule has 2 aromatic rings. The van der Waals surface area contributed by atoms with Crippen LogP contribution in [0, 0.1) is 0 Å². The molecule has 1 heterocycles. The Morgan fingerprint density at radius 1 is 1.22 bits per heavy atom. The van der Waals surface area contributed by atoms with Gasteiger partial charge in [-0.1, -0.05) is 35.9 Å². The van der Waals surface area contributed by atoms with Gasteiger partial charge in [0, 0.05) is 10.8 Å². The van der Waals surface area contributed by atoms with Gasteiger partial charge in [0.15, 0.2) is 11.5 Å². The molecule has 0 aliphatic carbocycles. The standard InChI is InChI=1S/C13H9ClO4/c1-16-13(15)9-7-4-2-3-5-8(7)10(14)12-11(9)17-6-18-12/h2-5H,6H2,1H3. The average Bonchev–Trinajstić information content (AvgIpc) is 2.88. The number of methoxy groups -OCH3 is 1. The summed E-state index contributed by atoms with van der Waals surface area (Å²) in [6, 6.07) is 7.30. The lowest BCUT2D eigenvalue weighted by Crippen LogP contribution is -2.04. The first kappa shape index (κ1) is 11.2. The molecule has 18 heavy (non-hydrogen) atoms. The van der Waals surface area contributed by atoms with E-state index >= 15 is 0 Å². The summed E-state index contributed by atoms with van der Waals surface area (Å²) in [7, 11) is 1.33. The third-order valence-corrected chi connectivity index (χ3v) is 3.24. The van der Waals surface area contributed by atoms with Crippen LogP contribution >= 0.6 is 11.6 Å². The van der Waals surface area contributed by atoms with Gasteiger partial charge >= 0.3 is 5.97 Å². The molecule has 3 rings (SSSR count). The highest BCUT2D eigenvalue weighted by Crippen LogP contribution is 2.47. The maximum absolute atomic E-state index is 11.9. The van der Waals surface area contributed by atoms with Crippen molar-refractivity contribution >= 4 is 28.3 Å². The third-order valence-electron chi connectivity index (χ3n) is 2.86. The van der Waals surface area contributed by atoms with Crippen LogP contribution in [-0.2, 0) is 4.74 Å². The summed E-state index contributed by atoms with van der Waals surface area (Å²) in [5.74, 6) is 0.283. The summed E-state index contributed by atoms with van der Waals surface area (Å²) in [5.41, 5.74) is 0.352. The first-order valence-electron chi connectivity index (χ1n) is 5.32. The van der Waals surface area contributed by atoms with E-state index in [1.807, 2.05) is 18.2 Å². The second-order valence-electron chi connectivity index (χ2n) is 3.79. The van der Waals surface area contributed by atoms with E-state index in [0.29, 0.717) is 27.5 Å². The molecule has 0 saturated heterocycles. The molecule has 0 fully saturated rings. The van der Waals surface area contributed by atoms with Crippen molar-refractivity contribution in [1.29, 1.82) is 0 Å². The van der Waals surface area contributed by atoms with Gasteiger partial charge in [-0.3, -0.25) is 0 Å². The molecular formula is C13H9ClO4. The van der Waals surface area contributed by atoms with E-state index in [9.17, 15) is 4.79 Å². The zero-order valence-corrected chi connectivity index (χ0v) is 10.3. The first-order chi connectivity index (χ1) is 8.74. The first-order valence-corrected chi connectivity index (χ1v) is 5.70. The molecule has 0 spiro atoms. The molecule has 0 saturated carbocycles. The minimum Gasteiger partial charge on any atom is -0.465 e. The molecule has 0 radical (unpaired) electrons. The monoisotopic (exact) mass is 264 g/mol. The Kier molecular flexibility index (Phi) is 2.52. The van der Waals surface area contributed by atoms with E-state index < -0.39 is 5.97 Å². The SMILES string of the molecule is COC(=O)c1c2c(c(Cl)c3ccccc13)OCO2. The molecule has 4 nitrogen and oxygen atoms in total. The zero-order valence-electron chi connectivity index (χ0n) is 9.53. The molecule has 0 bridgehead atoms. The van der Waals surface area contributed by atoms with E-state index in [1.165, 1.54) is 7.11 Å². The van der Waals surface area contributed by atoms with Gasteiger partial charge in [0.05, 0.1) is 12.1 Å². The summed E-state index contributed by atoms with van der Waals surface area (Å²) in [6.07, 6.45) is 0. The van der Waals surface area contributed by atoms with Crippen molar-refractivity contribution in [2.45, 2.75) is 0 Å². The predicted octanol–water partition coefficient (Wildman–Crippen LogP) is 3.01. The van der Waals surface area contributed by atoms with Gasteiger partial charge in [-0.15, -0.1) is 0 Å². The molecule has 0 amide bonds. The van der Waals surface area contributed by atoms with E-state index in [-0.39, 0.29) is 6.79 Å². The second kappa shape index (κ2) is 4.07. The van der Waals surface area contributed by atoms with Gasteiger partial charge in [-0.25, -0.2) is 4.79 Å². The number of hydrogen-bond acceptors (Lipinski definition) is 4. The minimum absolute atomic E-state index is 0.0510. The van der Waals surface area contributed by atoms with Gasteiger partial charge in [-0.05, 0) is 0 Å². The largest absolute Gasteiger partial charge is 0.465 e. The fourth-order valence-corrected chi connectivity index (χ4v) is 2.37. The Hall–Kier alpha value is -1.94. The van der Waals surface area contributed by atoms with Gasteiger partial charge in [-0.2, -0.15) is 0 Å². The summed E-state index contributed by atoms with van der Waals surface area (Å²) < 4.78 is 15.4. The van der Waals surface area contributed by atoms with Crippen LogP contribution in [0.4, 0.5) is 0 Å². The van der Waals surface area contributed by atoms with Crippen LogP contribution in [-0.4, -0.2) is 19.9 Å². The van der Waals surface area contributed by atoms with Crippen molar-refractivity contribution in [1.82, 2.24) is 0 Å². The molecule has 0 atom stereocenters. The number of fused-ring (bicyclic) bond motifs is 2. The molecule has 0 aromatic heterocycles. The number of rotatable bonds is 1. The Balaban J connectivity index is 2.45. The topological polar surface area (TPSA) is 44.8 Å². The normalized spacial score (nSPS) is 12.8. The molecular weight excluding hydrogens is 256 g/mol. The van der Waals surface area contributed by atoms with E-state index in [4.69, 9.17) is 25.8 Å². The Bertz CT molecular complexity index is 651. The number of halogens is 1. The van der Waals surface area contributed by atoms with Crippen molar-refractivity contribution in [3.8, 4) is 11.5 Å². The summed E-state index contributed by atoms with van der Waals surface area (Å²) in [5, 5.41) is 1.88. The summed E-state index contributed by atoms with van der Waals surface area (Å²) >= 11 is 6.25. The van der Waals surface area contributed by atoms with Gasteiger partial charge < -0.3 is 14.2 Å². The highest BCUT2D eigenvalue weighted by Gasteiger charge is 2.29. The quantitative estimate of drug-likeness (QED) is 0.743. The van der Waals surface area contributed by atoms with Crippen molar-refractivity contribution in [2.75, 3.05) is 13.9 Å². The van der Waals surface area contributed by atoms with Crippen LogP contribution in [0.15, 0.2) is 24.3 Å². The molecule has 92 valence electrons. The van der Waals surface area contributed by atoms with Gasteiger partial charge in [0.2, 0.25) is 6.79 Å². The number of carbonyl (C=O) groups is 1. The van der Waals surface area contributed by atoms with E-state index in [1.54, 1.807) is 6.07 Å². The van der Waals surface area contributed by atoms with Crippen molar-refractivity contribution in [3.63, 3.8) is 0 Å². The van der Waals surface area contributed by atoms with Crippen LogP contribution in [0.3, 0.4) is 0 Å². The highest BCUT2D eigenvalue weighted by atomic mass is 35.5. The van der Waals surface area contributed by atoms with Crippen molar-refractivity contribution < 1.29 is 19.0 Å². The van der Waals surface area contributed by atoms with Crippen LogP contribution in [0.1, 0.15) is 10.4 Å². The Labute approximate surface area is 108 Å². The number of esters is 1. The van der Waals surface area contributed by atoms with E-state index in [0.717, 1.165) is 5.39 Å². The zero-order chi connectivity index (χ0) is 12.7. The molecule has 5 heteroatoms. The molecule has 0 N–H and O–H groups in total. The van der Waals surface area contributed by atoms with Crippen LogP contribution in [0.5, 0.6) is 11.5 Å². The van der Waals surface area contributed by atoms with Crippen molar-refractivity contribution in [2.24, 2.45) is 0 Å². The average molecular weight is 265 g/mol. The molecule has 1 aliphatic heterocycles. The summed E-state index contributed by atoms with van der Waals surface area (Å²) in [4.78, 5) is 11.9. The maximum Gasteiger partial charge on any atom is 0.342 e. The van der Waals surface area contributed by atoms with Gasteiger partial charge in [0.1, 0.15) is 5.56 Å². The highest BCUT2D eigenvalue weighted by molar-refractivity contribution is 6.38. The minimum atomic E-state index is -0.468. The number of carbonyl (C=O) groups excluding carboxylic acids is 1.